The average molecular weight is 248 g/mol. The Morgan fingerprint density at radius 2 is 2.17 bits per heavy atom. The van der Waals surface area contributed by atoms with Gasteiger partial charge in [0.1, 0.15) is 11.9 Å². The third kappa shape index (κ3) is 3.01. The molecule has 1 fully saturated rings. The number of ether oxygens (including phenoxy) is 1. The fourth-order valence-electron chi connectivity index (χ4n) is 2.47. The van der Waals surface area contributed by atoms with E-state index in [0.29, 0.717) is 6.42 Å². The summed E-state index contributed by atoms with van der Waals surface area (Å²) < 4.78 is 5.88. The molecule has 98 valence electrons. The van der Waals surface area contributed by atoms with E-state index < -0.39 is 0 Å². The maximum Gasteiger partial charge on any atom is 0.234 e. The van der Waals surface area contributed by atoms with Crippen molar-refractivity contribution in [2.24, 2.45) is 5.73 Å². The second kappa shape index (κ2) is 5.87. The molecule has 0 aromatic heterocycles. The molecular formula is C14H20N2O2. The van der Waals surface area contributed by atoms with Crippen molar-refractivity contribution in [1.82, 2.24) is 4.90 Å². The number of hydrogen-bond acceptors (Lipinski definition) is 3. The summed E-state index contributed by atoms with van der Waals surface area (Å²) in [5.74, 6) is 0.603. The number of nitrogens with zero attached hydrogens (tertiary/aromatic N) is 1. The quantitative estimate of drug-likeness (QED) is 0.857. The summed E-state index contributed by atoms with van der Waals surface area (Å²) in [6, 6.07) is 9.53. The molecule has 1 amide bonds. The molecule has 0 spiro atoms. The standard InChI is InChI=1S/C14H20N2O2/c1-2-8-16-10-12(9-13(16)14(15)17)18-11-6-4-3-5-7-11/h3-7,12-13H,2,8-10H2,1H3,(H2,15,17)/t12-,13-/m0/s1. The predicted octanol–water partition coefficient (Wildman–Crippen LogP) is 1.40. The summed E-state index contributed by atoms with van der Waals surface area (Å²) in [6.45, 7) is 3.77. The number of para-hydroxylation sites is 1. The summed E-state index contributed by atoms with van der Waals surface area (Å²) in [5.41, 5.74) is 5.44. The number of likely N-dealkylation sites (tertiary alicyclic amines) is 1. The second-order valence-corrected chi connectivity index (χ2v) is 4.70. The van der Waals surface area contributed by atoms with E-state index in [0.717, 1.165) is 25.3 Å². The van der Waals surface area contributed by atoms with Gasteiger partial charge in [-0.2, -0.15) is 0 Å². The van der Waals surface area contributed by atoms with Gasteiger partial charge in [0.25, 0.3) is 0 Å². The van der Waals surface area contributed by atoms with Crippen LogP contribution in [0.5, 0.6) is 5.75 Å². The third-order valence-electron chi connectivity index (χ3n) is 3.25. The zero-order valence-electron chi connectivity index (χ0n) is 10.7. The first kappa shape index (κ1) is 12.9. The second-order valence-electron chi connectivity index (χ2n) is 4.70. The molecule has 0 aliphatic carbocycles. The Bertz CT molecular complexity index is 394. The summed E-state index contributed by atoms with van der Waals surface area (Å²) in [4.78, 5) is 13.5. The number of rotatable bonds is 5. The van der Waals surface area contributed by atoms with Gasteiger partial charge in [-0.05, 0) is 25.1 Å². The van der Waals surface area contributed by atoms with E-state index >= 15 is 0 Å². The minimum Gasteiger partial charge on any atom is -0.489 e. The van der Waals surface area contributed by atoms with Crippen LogP contribution < -0.4 is 10.5 Å². The number of amides is 1. The van der Waals surface area contributed by atoms with Gasteiger partial charge in [-0.25, -0.2) is 0 Å². The molecule has 0 radical (unpaired) electrons. The fourth-order valence-corrected chi connectivity index (χ4v) is 2.47. The molecule has 1 saturated heterocycles. The summed E-state index contributed by atoms with van der Waals surface area (Å²) >= 11 is 0. The van der Waals surface area contributed by atoms with E-state index in [1.807, 2.05) is 30.3 Å². The Morgan fingerprint density at radius 3 is 2.78 bits per heavy atom. The predicted molar refractivity (Wildman–Crippen MR) is 70.3 cm³/mol. The van der Waals surface area contributed by atoms with Gasteiger partial charge in [0.05, 0.1) is 6.04 Å². The molecule has 2 atom stereocenters. The molecule has 0 unspecified atom stereocenters. The van der Waals surface area contributed by atoms with Crippen LogP contribution in [-0.2, 0) is 4.79 Å². The lowest BCUT2D eigenvalue weighted by Gasteiger charge is -2.20. The van der Waals surface area contributed by atoms with Gasteiger partial charge >= 0.3 is 0 Å². The fraction of sp³-hybridized carbons (Fsp3) is 0.500. The van der Waals surface area contributed by atoms with Crippen LogP contribution in [0, 0.1) is 0 Å². The van der Waals surface area contributed by atoms with E-state index in [2.05, 4.69) is 11.8 Å². The van der Waals surface area contributed by atoms with Gasteiger partial charge in [0.15, 0.2) is 0 Å². The molecule has 2 N–H and O–H groups in total. The van der Waals surface area contributed by atoms with Crippen LogP contribution in [0.25, 0.3) is 0 Å². The first-order chi connectivity index (χ1) is 8.70. The first-order valence-electron chi connectivity index (χ1n) is 6.45. The van der Waals surface area contributed by atoms with Gasteiger partial charge in [-0.3, -0.25) is 9.69 Å². The molecule has 4 heteroatoms. The smallest absolute Gasteiger partial charge is 0.234 e. The van der Waals surface area contributed by atoms with Crippen molar-refractivity contribution in [1.29, 1.82) is 0 Å². The Labute approximate surface area is 108 Å². The molecular weight excluding hydrogens is 228 g/mol. The van der Waals surface area contributed by atoms with Crippen LogP contribution in [0.1, 0.15) is 19.8 Å². The lowest BCUT2D eigenvalue weighted by Crippen LogP contribution is -2.40. The van der Waals surface area contributed by atoms with E-state index in [1.165, 1.54) is 0 Å². The van der Waals surface area contributed by atoms with Crippen molar-refractivity contribution < 1.29 is 9.53 Å². The topological polar surface area (TPSA) is 55.6 Å². The van der Waals surface area contributed by atoms with Crippen molar-refractivity contribution >= 4 is 5.91 Å². The van der Waals surface area contributed by atoms with Crippen molar-refractivity contribution in [3.8, 4) is 5.75 Å². The lowest BCUT2D eigenvalue weighted by molar-refractivity contribution is -0.122. The van der Waals surface area contributed by atoms with Gasteiger partial charge in [0.2, 0.25) is 5.91 Å². The van der Waals surface area contributed by atoms with E-state index in [4.69, 9.17) is 10.5 Å². The van der Waals surface area contributed by atoms with Crippen molar-refractivity contribution in [3.63, 3.8) is 0 Å². The Hall–Kier alpha value is -1.55. The number of carbonyl (C=O) groups is 1. The number of hydrogen-bond donors (Lipinski definition) is 1. The van der Waals surface area contributed by atoms with Crippen molar-refractivity contribution in [3.05, 3.63) is 30.3 Å². The normalized spacial score (nSPS) is 24.1. The summed E-state index contributed by atoms with van der Waals surface area (Å²) in [7, 11) is 0. The zero-order valence-corrected chi connectivity index (χ0v) is 10.7. The first-order valence-corrected chi connectivity index (χ1v) is 6.45. The van der Waals surface area contributed by atoms with E-state index in [1.54, 1.807) is 0 Å². The molecule has 18 heavy (non-hydrogen) atoms. The molecule has 1 aromatic rings. The highest BCUT2D eigenvalue weighted by molar-refractivity contribution is 5.80. The minimum atomic E-state index is -0.248. The van der Waals surface area contributed by atoms with Gasteiger partial charge in [-0.1, -0.05) is 25.1 Å². The minimum absolute atomic E-state index is 0.0523. The molecule has 2 rings (SSSR count). The van der Waals surface area contributed by atoms with Crippen molar-refractivity contribution in [2.75, 3.05) is 13.1 Å². The molecule has 1 aliphatic heterocycles. The van der Waals surface area contributed by atoms with Crippen LogP contribution in [0.15, 0.2) is 30.3 Å². The summed E-state index contributed by atoms with van der Waals surface area (Å²) in [5, 5.41) is 0. The van der Waals surface area contributed by atoms with Crippen LogP contribution in [0.2, 0.25) is 0 Å². The van der Waals surface area contributed by atoms with E-state index in [-0.39, 0.29) is 18.1 Å². The molecule has 1 aromatic carbocycles. The number of benzene rings is 1. The Kier molecular flexibility index (Phi) is 4.20. The van der Waals surface area contributed by atoms with Gasteiger partial charge in [0, 0.05) is 13.0 Å². The van der Waals surface area contributed by atoms with Gasteiger partial charge < -0.3 is 10.5 Å². The van der Waals surface area contributed by atoms with E-state index in [9.17, 15) is 4.79 Å². The number of nitrogens with two attached hydrogens (primary N) is 1. The zero-order chi connectivity index (χ0) is 13.0. The third-order valence-corrected chi connectivity index (χ3v) is 3.25. The SMILES string of the molecule is CCCN1C[C@@H](Oc2ccccc2)C[C@H]1C(N)=O. The number of primary amides is 1. The van der Waals surface area contributed by atoms with Crippen LogP contribution in [-0.4, -0.2) is 36.0 Å². The van der Waals surface area contributed by atoms with Crippen LogP contribution >= 0.6 is 0 Å². The average Bonchev–Trinajstić information content (AvgIpc) is 2.74. The van der Waals surface area contributed by atoms with Crippen LogP contribution in [0.3, 0.4) is 0 Å². The molecule has 1 heterocycles. The maximum absolute atomic E-state index is 11.4. The molecule has 0 saturated carbocycles. The number of carbonyl (C=O) groups excluding carboxylic acids is 1. The summed E-state index contributed by atoms with van der Waals surface area (Å²) in [6.07, 6.45) is 1.75. The highest BCUT2D eigenvalue weighted by atomic mass is 16.5. The maximum atomic E-state index is 11.4. The lowest BCUT2D eigenvalue weighted by atomic mass is 10.2. The highest BCUT2D eigenvalue weighted by Gasteiger charge is 2.36. The largest absolute Gasteiger partial charge is 0.489 e. The highest BCUT2D eigenvalue weighted by Crippen LogP contribution is 2.22. The monoisotopic (exact) mass is 248 g/mol. The molecule has 1 aliphatic rings. The van der Waals surface area contributed by atoms with Gasteiger partial charge in [-0.15, -0.1) is 0 Å². The van der Waals surface area contributed by atoms with Crippen LogP contribution in [0.4, 0.5) is 0 Å². The molecule has 4 nitrogen and oxygen atoms in total. The molecule has 0 bridgehead atoms. The van der Waals surface area contributed by atoms with Crippen molar-refractivity contribution in [2.45, 2.75) is 31.9 Å². The Morgan fingerprint density at radius 1 is 1.44 bits per heavy atom. The Balaban J connectivity index is 1.98.